The second-order valence-corrected chi connectivity index (χ2v) is 10.7. The number of aromatic hydroxyl groups is 1. The Bertz CT molecular complexity index is 1150. The second kappa shape index (κ2) is 13.0. The van der Waals surface area contributed by atoms with E-state index in [0.717, 1.165) is 36.1 Å². The van der Waals surface area contributed by atoms with Gasteiger partial charge in [0, 0.05) is 26.6 Å². The third-order valence-electron chi connectivity index (χ3n) is 7.52. The molecular weight excluding hydrogens is 496 g/mol. The highest BCUT2D eigenvalue weighted by atomic mass is 16.5. The van der Waals surface area contributed by atoms with Gasteiger partial charge in [-0.25, -0.2) is 0 Å². The van der Waals surface area contributed by atoms with E-state index < -0.39 is 24.0 Å². The molecule has 4 N–H and O–H groups in total. The van der Waals surface area contributed by atoms with Gasteiger partial charge in [-0.1, -0.05) is 30.3 Å². The minimum atomic E-state index is -0.833. The molecule has 2 aromatic carbocycles. The summed E-state index contributed by atoms with van der Waals surface area (Å²) in [6, 6.07) is 12.4. The molecule has 4 atom stereocenters. The van der Waals surface area contributed by atoms with Crippen LogP contribution in [0.1, 0.15) is 44.2 Å². The number of phenols is 1. The van der Waals surface area contributed by atoms with Gasteiger partial charge < -0.3 is 30.7 Å². The number of nitrogens with one attached hydrogen (secondary N) is 3. The van der Waals surface area contributed by atoms with E-state index in [-0.39, 0.29) is 36.0 Å². The molecule has 0 radical (unpaired) electrons. The molecule has 9 heteroatoms. The van der Waals surface area contributed by atoms with Crippen molar-refractivity contribution in [1.82, 2.24) is 20.9 Å². The predicted octanol–water partition coefficient (Wildman–Crippen LogP) is 2.16. The molecule has 0 saturated heterocycles. The first-order valence-corrected chi connectivity index (χ1v) is 13.8. The molecule has 9 nitrogen and oxygen atoms in total. The van der Waals surface area contributed by atoms with Crippen LogP contribution in [0.25, 0.3) is 0 Å². The van der Waals surface area contributed by atoms with Crippen LogP contribution in [0.4, 0.5) is 0 Å². The highest BCUT2D eigenvalue weighted by molar-refractivity contribution is 5.93. The van der Waals surface area contributed by atoms with Gasteiger partial charge in [0.05, 0.1) is 6.04 Å². The Hall–Kier alpha value is -3.59. The lowest BCUT2D eigenvalue weighted by molar-refractivity contribution is -0.141. The van der Waals surface area contributed by atoms with Gasteiger partial charge in [0.25, 0.3) is 0 Å². The fourth-order valence-corrected chi connectivity index (χ4v) is 4.83. The zero-order chi connectivity index (χ0) is 27.9. The number of carbonyl (C=O) groups is 3. The molecule has 0 unspecified atom stereocenters. The van der Waals surface area contributed by atoms with Crippen LogP contribution in [0.2, 0.25) is 0 Å². The van der Waals surface area contributed by atoms with Crippen molar-refractivity contribution in [2.24, 2.45) is 5.92 Å². The molecule has 39 heavy (non-hydrogen) atoms. The summed E-state index contributed by atoms with van der Waals surface area (Å²) in [7, 11) is 1.63. The van der Waals surface area contributed by atoms with Crippen molar-refractivity contribution in [1.29, 1.82) is 0 Å². The first kappa shape index (κ1) is 28.4. The average molecular weight is 537 g/mol. The molecule has 1 fully saturated rings. The van der Waals surface area contributed by atoms with E-state index in [9.17, 15) is 19.5 Å². The third-order valence-corrected chi connectivity index (χ3v) is 7.52. The highest BCUT2D eigenvalue weighted by Crippen LogP contribution is 2.33. The highest BCUT2D eigenvalue weighted by Gasteiger charge is 2.39. The number of carbonyl (C=O) groups excluding carboxylic acids is 3. The fraction of sp³-hybridized carbons (Fsp3) is 0.500. The van der Waals surface area contributed by atoms with Gasteiger partial charge in [0.15, 0.2) is 0 Å². The summed E-state index contributed by atoms with van der Waals surface area (Å²) >= 11 is 0. The van der Waals surface area contributed by atoms with Crippen molar-refractivity contribution < 1.29 is 24.2 Å². The van der Waals surface area contributed by atoms with Crippen molar-refractivity contribution >= 4 is 17.7 Å². The van der Waals surface area contributed by atoms with Crippen LogP contribution in [0.3, 0.4) is 0 Å². The summed E-state index contributed by atoms with van der Waals surface area (Å²) in [6.45, 7) is 4.59. The topological polar surface area (TPSA) is 120 Å². The Kier molecular flexibility index (Phi) is 9.45. The summed E-state index contributed by atoms with van der Waals surface area (Å²) in [6.07, 6.45) is 3.44. The summed E-state index contributed by atoms with van der Waals surface area (Å²) in [5.74, 6) is 0.321. The molecular formula is C30H40N4O5. The number of amides is 3. The van der Waals surface area contributed by atoms with Gasteiger partial charge in [0.1, 0.15) is 29.7 Å². The van der Waals surface area contributed by atoms with Gasteiger partial charge >= 0.3 is 0 Å². The molecule has 0 bridgehead atoms. The van der Waals surface area contributed by atoms with E-state index in [1.165, 1.54) is 4.90 Å². The maximum absolute atomic E-state index is 13.5. The molecule has 1 saturated carbocycles. The van der Waals surface area contributed by atoms with Crippen LogP contribution in [0.15, 0.2) is 48.5 Å². The predicted molar refractivity (Wildman–Crippen MR) is 148 cm³/mol. The number of phenolic OH excluding ortho intramolecular Hbond substituents is 1. The van der Waals surface area contributed by atoms with E-state index >= 15 is 0 Å². The number of nitrogens with zero attached hydrogens (tertiary/aromatic N) is 1. The molecule has 2 aromatic rings. The Morgan fingerprint density at radius 1 is 1.00 bits per heavy atom. The van der Waals surface area contributed by atoms with Crippen molar-refractivity contribution in [2.45, 2.75) is 70.2 Å². The Morgan fingerprint density at radius 3 is 2.44 bits per heavy atom. The fourth-order valence-electron chi connectivity index (χ4n) is 4.83. The third kappa shape index (κ3) is 7.72. The first-order valence-electron chi connectivity index (χ1n) is 13.8. The monoisotopic (exact) mass is 536 g/mol. The first-order chi connectivity index (χ1) is 18.7. The van der Waals surface area contributed by atoms with Crippen LogP contribution in [0, 0.1) is 5.92 Å². The van der Waals surface area contributed by atoms with Crippen LogP contribution >= 0.6 is 0 Å². The van der Waals surface area contributed by atoms with Crippen molar-refractivity contribution in [3.8, 4) is 11.5 Å². The lowest BCUT2D eigenvalue weighted by Gasteiger charge is -2.31. The molecule has 3 amide bonds. The van der Waals surface area contributed by atoms with E-state index in [0.29, 0.717) is 19.5 Å². The molecule has 4 rings (SSSR count). The van der Waals surface area contributed by atoms with E-state index in [1.54, 1.807) is 38.2 Å². The molecule has 1 aliphatic heterocycles. The number of rotatable bonds is 3. The quantitative estimate of drug-likeness (QED) is 0.477. The molecule has 2 aliphatic rings. The summed E-state index contributed by atoms with van der Waals surface area (Å²) in [5, 5.41) is 18.9. The molecule has 0 spiro atoms. The number of fused-ring (bicyclic) bond motifs is 1. The maximum Gasteiger partial charge on any atom is 0.243 e. The van der Waals surface area contributed by atoms with Gasteiger partial charge in [-0.3, -0.25) is 14.4 Å². The summed E-state index contributed by atoms with van der Waals surface area (Å²) in [4.78, 5) is 41.5. The minimum absolute atomic E-state index is 0.128. The largest absolute Gasteiger partial charge is 0.508 e. The van der Waals surface area contributed by atoms with Gasteiger partial charge in [0.2, 0.25) is 17.7 Å². The molecule has 0 aromatic heterocycles. The summed E-state index contributed by atoms with van der Waals surface area (Å²) < 4.78 is 6.25. The maximum atomic E-state index is 13.5. The average Bonchev–Trinajstić information content (AvgIpc) is 3.76. The second-order valence-electron chi connectivity index (χ2n) is 10.7. The number of ether oxygens (including phenoxy) is 1. The standard InChI is InChI=1S/C30H40N4O5/c1-19-18-32-27(23-12-13-23)30(38)34(3)20(2)28(36)33-25(17-21-10-14-24(35)15-11-21)29(37)31-16-6-8-22-7-4-5-9-26(22)39-19/h4-5,7,9-11,14-15,19-20,23,25,27,32,35H,6,8,12-13,16-18H2,1-3H3,(H,31,37)(H,33,36)/t19-,20-,25-,27+/m1/s1. The number of benzene rings is 2. The molecule has 1 heterocycles. The summed E-state index contributed by atoms with van der Waals surface area (Å²) in [5.41, 5.74) is 1.85. The number of aryl methyl sites for hydroxylation is 1. The van der Waals surface area contributed by atoms with Crippen LogP contribution < -0.4 is 20.7 Å². The van der Waals surface area contributed by atoms with Crippen LogP contribution in [0.5, 0.6) is 11.5 Å². The van der Waals surface area contributed by atoms with Gasteiger partial charge in [-0.05, 0) is 74.8 Å². The zero-order valence-electron chi connectivity index (χ0n) is 23.0. The SMILES string of the molecule is C[C@@H]1CN[C@@H](C2CC2)C(=O)N(C)[C@H](C)C(=O)N[C@H](Cc2ccc(O)cc2)C(=O)NCCCc2ccccc2O1. The van der Waals surface area contributed by atoms with Crippen molar-refractivity contribution in [2.75, 3.05) is 20.1 Å². The van der Waals surface area contributed by atoms with Crippen LogP contribution in [-0.4, -0.2) is 72.1 Å². The number of hydrogen-bond donors (Lipinski definition) is 4. The normalized spacial score (nSPS) is 25.9. The van der Waals surface area contributed by atoms with Crippen LogP contribution in [-0.2, 0) is 27.2 Å². The van der Waals surface area contributed by atoms with Gasteiger partial charge in [-0.15, -0.1) is 0 Å². The molecule has 1 aliphatic carbocycles. The van der Waals surface area contributed by atoms with Crippen molar-refractivity contribution in [3.63, 3.8) is 0 Å². The Labute approximate surface area is 230 Å². The Balaban J connectivity index is 1.56. The lowest BCUT2D eigenvalue weighted by Crippen LogP contribution is -2.57. The molecule has 210 valence electrons. The lowest BCUT2D eigenvalue weighted by atomic mass is 10.0. The zero-order valence-corrected chi connectivity index (χ0v) is 23.0. The Morgan fingerprint density at radius 2 is 1.72 bits per heavy atom. The number of likely N-dealkylation sites (N-methyl/N-ethyl adjacent to an activating group) is 1. The van der Waals surface area contributed by atoms with Gasteiger partial charge in [-0.2, -0.15) is 0 Å². The minimum Gasteiger partial charge on any atom is -0.508 e. The van der Waals surface area contributed by atoms with E-state index in [1.807, 2.05) is 31.2 Å². The smallest absolute Gasteiger partial charge is 0.243 e. The number of hydrogen-bond acceptors (Lipinski definition) is 6. The number of para-hydroxylation sites is 1. The van der Waals surface area contributed by atoms with Crippen molar-refractivity contribution in [3.05, 3.63) is 59.7 Å². The van der Waals surface area contributed by atoms with E-state index in [4.69, 9.17) is 4.74 Å². The van der Waals surface area contributed by atoms with E-state index in [2.05, 4.69) is 16.0 Å².